The molecule has 1 fully saturated rings. The third-order valence-corrected chi connectivity index (χ3v) is 5.55. The van der Waals surface area contributed by atoms with Gasteiger partial charge in [0, 0.05) is 25.2 Å². The Labute approximate surface area is 177 Å². The number of rotatable bonds is 4. The Hall–Kier alpha value is -2.71. The predicted octanol–water partition coefficient (Wildman–Crippen LogP) is 3.47. The number of anilines is 2. The van der Waals surface area contributed by atoms with Crippen molar-refractivity contribution in [2.75, 3.05) is 23.3 Å². The molecule has 1 aliphatic heterocycles. The molecule has 0 aliphatic carbocycles. The summed E-state index contributed by atoms with van der Waals surface area (Å²) in [4.78, 5) is 24.9. The molecule has 4 rings (SSSR count). The number of hydrogen-bond acceptors (Lipinski definition) is 6. The van der Waals surface area contributed by atoms with Crippen molar-refractivity contribution in [1.82, 2.24) is 25.0 Å². The van der Waals surface area contributed by atoms with Crippen LogP contribution in [0.5, 0.6) is 0 Å². The van der Waals surface area contributed by atoms with Crippen molar-refractivity contribution >= 4 is 40.6 Å². The van der Waals surface area contributed by atoms with E-state index in [1.54, 1.807) is 30.9 Å². The van der Waals surface area contributed by atoms with Crippen LogP contribution in [0.3, 0.4) is 0 Å². The van der Waals surface area contributed by atoms with Gasteiger partial charge < -0.3 is 10.2 Å². The summed E-state index contributed by atoms with van der Waals surface area (Å²) in [6.07, 6.45) is 7.06. The summed E-state index contributed by atoms with van der Waals surface area (Å²) in [6.45, 7) is 3.48. The molecule has 1 saturated heterocycles. The average Bonchev–Trinajstić information content (AvgIpc) is 3.23. The van der Waals surface area contributed by atoms with Gasteiger partial charge in [-0.1, -0.05) is 30.1 Å². The maximum absolute atomic E-state index is 12.8. The third-order valence-electron chi connectivity index (χ3n) is 4.98. The minimum absolute atomic E-state index is 0.0490. The van der Waals surface area contributed by atoms with Crippen LogP contribution in [0.4, 0.5) is 11.5 Å². The number of aromatic nitrogens is 5. The predicted molar refractivity (Wildman–Crippen MR) is 112 cm³/mol. The van der Waals surface area contributed by atoms with Gasteiger partial charge in [0.05, 0.1) is 34.3 Å². The number of hydrogen-bond donors (Lipinski definition) is 1. The van der Waals surface area contributed by atoms with Crippen molar-refractivity contribution in [3.05, 3.63) is 53.0 Å². The molecule has 29 heavy (non-hydrogen) atoms. The number of amides is 1. The highest BCUT2D eigenvalue weighted by Gasteiger charge is 2.32. The van der Waals surface area contributed by atoms with Crippen LogP contribution in [0.2, 0.25) is 10.0 Å². The first kappa shape index (κ1) is 19.6. The molecule has 1 N–H and O–H groups in total. The lowest BCUT2D eigenvalue weighted by atomic mass is 9.86. The van der Waals surface area contributed by atoms with Crippen molar-refractivity contribution in [2.24, 2.45) is 11.8 Å². The highest BCUT2D eigenvalue weighted by atomic mass is 35.5. The summed E-state index contributed by atoms with van der Waals surface area (Å²) >= 11 is 12.5. The van der Waals surface area contributed by atoms with Gasteiger partial charge in [-0.05, 0) is 30.5 Å². The second-order valence-electron chi connectivity index (χ2n) is 6.96. The van der Waals surface area contributed by atoms with Gasteiger partial charge in [0.2, 0.25) is 5.91 Å². The fourth-order valence-corrected chi connectivity index (χ4v) is 4.03. The minimum atomic E-state index is -0.125. The Kier molecular flexibility index (Phi) is 5.64. The van der Waals surface area contributed by atoms with Crippen molar-refractivity contribution in [3.8, 4) is 5.82 Å². The van der Waals surface area contributed by atoms with E-state index in [-0.39, 0.29) is 17.7 Å². The van der Waals surface area contributed by atoms with E-state index in [1.165, 1.54) is 4.80 Å². The molecule has 0 spiro atoms. The molecule has 0 radical (unpaired) electrons. The van der Waals surface area contributed by atoms with Gasteiger partial charge >= 0.3 is 0 Å². The smallest absolute Gasteiger partial charge is 0.227 e. The van der Waals surface area contributed by atoms with Crippen molar-refractivity contribution in [3.63, 3.8) is 0 Å². The summed E-state index contributed by atoms with van der Waals surface area (Å²) in [5.74, 6) is 1.13. The average molecular weight is 432 g/mol. The molecule has 0 saturated carbocycles. The van der Waals surface area contributed by atoms with Crippen LogP contribution in [0.15, 0.2) is 43.0 Å². The molecule has 1 amide bonds. The van der Waals surface area contributed by atoms with Gasteiger partial charge in [-0.15, -0.1) is 4.80 Å². The molecule has 4 heterocycles. The highest BCUT2D eigenvalue weighted by molar-refractivity contribution is 6.33. The van der Waals surface area contributed by atoms with E-state index in [1.807, 2.05) is 12.1 Å². The first-order valence-electron chi connectivity index (χ1n) is 9.21. The Bertz CT molecular complexity index is 1010. The van der Waals surface area contributed by atoms with Crippen LogP contribution in [0.1, 0.15) is 13.3 Å². The maximum atomic E-state index is 12.8. The molecular formula is C19H19Cl2N7O. The van der Waals surface area contributed by atoms with E-state index < -0.39 is 0 Å². The zero-order chi connectivity index (χ0) is 20.4. The molecule has 3 aromatic rings. The minimum Gasteiger partial charge on any atom is -0.355 e. The summed E-state index contributed by atoms with van der Waals surface area (Å²) in [7, 11) is 0. The molecule has 8 nitrogen and oxygen atoms in total. The molecule has 3 aromatic heterocycles. The van der Waals surface area contributed by atoms with Crippen molar-refractivity contribution in [2.45, 2.75) is 13.3 Å². The molecule has 0 unspecified atom stereocenters. The standard InChI is InChI=1S/C19H19Cl2N7O/c1-12-11-27(17-15(20)3-2-5-22-17)8-4-14(12)19(29)26-13-9-16(21)18(23-10-13)28-24-6-7-25-28/h2-3,5-7,9-10,12,14H,4,8,11H2,1H3,(H,26,29)/t12-,14+/m0/s1. The number of halogens is 2. The molecular weight excluding hydrogens is 413 g/mol. The first-order chi connectivity index (χ1) is 14.0. The summed E-state index contributed by atoms with van der Waals surface area (Å²) < 4.78 is 0. The van der Waals surface area contributed by atoms with E-state index in [4.69, 9.17) is 23.2 Å². The number of piperidine rings is 1. The van der Waals surface area contributed by atoms with Gasteiger partial charge in [0.25, 0.3) is 0 Å². The van der Waals surface area contributed by atoms with Crippen LogP contribution in [-0.4, -0.2) is 44.0 Å². The van der Waals surface area contributed by atoms with Crippen LogP contribution >= 0.6 is 23.2 Å². The Morgan fingerprint density at radius 1 is 1.14 bits per heavy atom. The first-order valence-corrected chi connectivity index (χ1v) is 9.97. The summed E-state index contributed by atoms with van der Waals surface area (Å²) in [5, 5.41) is 11.9. The van der Waals surface area contributed by atoms with Crippen LogP contribution in [-0.2, 0) is 4.79 Å². The Morgan fingerprint density at radius 2 is 1.93 bits per heavy atom. The molecule has 1 aliphatic rings. The van der Waals surface area contributed by atoms with Gasteiger partial charge in [-0.2, -0.15) is 10.2 Å². The van der Waals surface area contributed by atoms with Gasteiger partial charge in [-0.3, -0.25) is 4.79 Å². The van der Waals surface area contributed by atoms with E-state index in [0.29, 0.717) is 41.1 Å². The van der Waals surface area contributed by atoms with E-state index in [0.717, 1.165) is 5.82 Å². The summed E-state index contributed by atoms with van der Waals surface area (Å²) in [6, 6.07) is 5.29. The zero-order valence-corrected chi connectivity index (χ0v) is 17.2. The lowest BCUT2D eigenvalue weighted by Gasteiger charge is -2.37. The third kappa shape index (κ3) is 4.18. The highest BCUT2D eigenvalue weighted by Crippen LogP contribution is 2.31. The fraction of sp³-hybridized carbons (Fsp3) is 0.316. The Balaban J connectivity index is 1.42. The zero-order valence-electron chi connectivity index (χ0n) is 15.7. The van der Waals surface area contributed by atoms with Gasteiger partial charge in [0.1, 0.15) is 5.82 Å². The van der Waals surface area contributed by atoms with Gasteiger partial charge in [0.15, 0.2) is 5.82 Å². The Morgan fingerprint density at radius 3 is 2.62 bits per heavy atom. The molecule has 150 valence electrons. The van der Waals surface area contributed by atoms with Crippen molar-refractivity contribution < 1.29 is 4.79 Å². The normalized spacial score (nSPS) is 19.2. The number of carbonyl (C=O) groups excluding carboxylic acids is 1. The SMILES string of the molecule is C[C@H]1CN(c2ncccc2Cl)CC[C@H]1C(=O)Nc1cnc(-n2nccn2)c(Cl)c1. The lowest BCUT2D eigenvalue weighted by Crippen LogP contribution is -2.44. The van der Waals surface area contributed by atoms with Crippen LogP contribution < -0.4 is 10.2 Å². The number of carbonyl (C=O) groups is 1. The van der Waals surface area contributed by atoms with Gasteiger partial charge in [-0.25, -0.2) is 9.97 Å². The molecule has 2 atom stereocenters. The lowest BCUT2D eigenvalue weighted by molar-refractivity contribution is -0.121. The fourth-order valence-electron chi connectivity index (χ4n) is 3.54. The van der Waals surface area contributed by atoms with Crippen LogP contribution in [0.25, 0.3) is 5.82 Å². The van der Waals surface area contributed by atoms with Crippen LogP contribution in [0, 0.1) is 11.8 Å². The molecule has 0 bridgehead atoms. The second-order valence-corrected chi connectivity index (χ2v) is 7.78. The summed E-state index contributed by atoms with van der Waals surface area (Å²) in [5.41, 5.74) is 0.540. The topological polar surface area (TPSA) is 88.8 Å². The molecule has 0 aromatic carbocycles. The number of nitrogens with zero attached hydrogens (tertiary/aromatic N) is 6. The van der Waals surface area contributed by atoms with E-state index in [9.17, 15) is 4.79 Å². The quantitative estimate of drug-likeness (QED) is 0.679. The van der Waals surface area contributed by atoms with E-state index in [2.05, 4.69) is 37.3 Å². The number of pyridine rings is 2. The number of nitrogens with one attached hydrogen (secondary N) is 1. The van der Waals surface area contributed by atoms with E-state index >= 15 is 0 Å². The second kappa shape index (κ2) is 8.34. The van der Waals surface area contributed by atoms with Crippen molar-refractivity contribution in [1.29, 1.82) is 0 Å². The monoisotopic (exact) mass is 431 g/mol. The molecule has 10 heteroatoms. The largest absolute Gasteiger partial charge is 0.355 e. The maximum Gasteiger partial charge on any atom is 0.227 e.